The number of carbonyl (C=O) groups excluding carboxylic acids is 4. The highest BCUT2D eigenvalue weighted by Crippen LogP contribution is 2.44. The summed E-state index contributed by atoms with van der Waals surface area (Å²) in [6.07, 6.45) is 0.283. The minimum atomic E-state index is -1.53. The Balaban J connectivity index is 1.18. The van der Waals surface area contributed by atoms with Crippen LogP contribution in [0.4, 0.5) is 15.8 Å². The number of rotatable bonds is 16. The number of aromatic nitrogens is 1. The first-order valence-electron chi connectivity index (χ1n) is 17.1. The SMILES string of the molecule is COc1c(N2CCNC(C)C2)c(F)cc2c(=O)c(C(=O)OCOC(=O)CCC(=O)OC[C@@H](NC(=O)C(Cl)Cl)[C@H](O)c3ccc([N+](=O)[O-])cc3)cn(C3CC3)c12. The number of carbonyl (C=O) groups is 4. The highest BCUT2D eigenvalue weighted by atomic mass is 35.5. The van der Waals surface area contributed by atoms with Gasteiger partial charge in [0.1, 0.15) is 24.0 Å². The average Bonchev–Trinajstić information content (AvgIpc) is 4.00. The highest BCUT2D eigenvalue weighted by molar-refractivity contribution is 6.53. The fraction of sp³-hybridized carbons (Fsp3) is 0.457. The van der Waals surface area contributed by atoms with E-state index in [1.807, 2.05) is 11.8 Å². The van der Waals surface area contributed by atoms with Gasteiger partial charge in [-0.05, 0) is 43.5 Å². The number of alkyl halides is 2. The lowest BCUT2D eigenvalue weighted by Gasteiger charge is -2.35. The Morgan fingerprint density at radius 2 is 1.78 bits per heavy atom. The van der Waals surface area contributed by atoms with Crippen LogP contribution in [0.5, 0.6) is 5.75 Å². The van der Waals surface area contributed by atoms with Crippen LogP contribution < -0.4 is 25.7 Å². The molecule has 1 aliphatic heterocycles. The number of amides is 1. The zero-order valence-electron chi connectivity index (χ0n) is 29.6. The number of esters is 3. The molecule has 3 aromatic rings. The van der Waals surface area contributed by atoms with Crippen molar-refractivity contribution in [3.8, 4) is 5.75 Å². The van der Waals surface area contributed by atoms with Crippen LogP contribution in [0.1, 0.15) is 60.7 Å². The Labute approximate surface area is 322 Å². The van der Waals surface area contributed by atoms with E-state index in [0.29, 0.717) is 25.2 Å². The second-order valence-corrected chi connectivity index (χ2v) is 14.0. The number of benzene rings is 2. The van der Waals surface area contributed by atoms with Crippen LogP contribution >= 0.6 is 23.2 Å². The van der Waals surface area contributed by atoms with Crippen LogP contribution in [-0.2, 0) is 28.6 Å². The number of nitro benzene ring substituents is 1. The molecule has 2 fully saturated rings. The summed E-state index contributed by atoms with van der Waals surface area (Å²) in [4.78, 5) is 74.2. The number of non-ortho nitro benzene ring substituents is 1. The maximum atomic E-state index is 15.7. The molecule has 2 aromatic carbocycles. The van der Waals surface area contributed by atoms with E-state index in [9.17, 15) is 39.2 Å². The van der Waals surface area contributed by atoms with Gasteiger partial charge in [-0.3, -0.25) is 29.3 Å². The zero-order valence-corrected chi connectivity index (χ0v) is 31.1. The minimum Gasteiger partial charge on any atom is -0.492 e. The molecule has 3 atom stereocenters. The molecule has 3 N–H and O–H groups in total. The first-order chi connectivity index (χ1) is 26.2. The summed E-state index contributed by atoms with van der Waals surface area (Å²) in [7, 11) is 1.39. The zero-order chi connectivity index (χ0) is 40.0. The van der Waals surface area contributed by atoms with Crippen molar-refractivity contribution in [1.29, 1.82) is 0 Å². The molecular weight excluding hydrogens is 772 g/mol. The highest BCUT2D eigenvalue weighted by Gasteiger charge is 2.33. The lowest BCUT2D eigenvalue weighted by atomic mass is 10.0. The number of ether oxygens (including phenoxy) is 4. The molecule has 1 aromatic heterocycles. The number of hydrogen-bond acceptors (Lipinski definition) is 14. The fourth-order valence-corrected chi connectivity index (χ4v) is 6.22. The maximum Gasteiger partial charge on any atom is 0.346 e. The molecule has 2 aliphatic rings. The van der Waals surface area contributed by atoms with Gasteiger partial charge in [-0.1, -0.05) is 23.2 Å². The Kier molecular flexibility index (Phi) is 13.5. The molecule has 0 spiro atoms. The molecule has 0 bridgehead atoms. The fourth-order valence-electron chi connectivity index (χ4n) is 6.09. The summed E-state index contributed by atoms with van der Waals surface area (Å²) in [5.74, 6) is -4.45. The lowest BCUT2D eigenvalue weighted by Crippen LogP contribution is -2.49. The van der Waals surface area contributed by atoms with Crippen LogP contribution in [0.25, 0.3) is 10.9 Å². The van der Waals surface area contributed by atoms with Crippen LogP contribution in [0.2, 0.25) is 0 Å². The molecule has 20 heteroatoms. The van der Waals surface area contributed by atoms with Crippen LogP contribution in [-0.4, -0.2) is 95.5 Å². The number of piperazine rings is 1. The summed E-state index contributed by atoms with van der Waals surface area (Å²) in [5, 5.41) is 27.3. The molecule has 0 radical (unpaired) electrons. The summed E-state index contributed by atoms with van der Waals surface area (Å²) >= 11 is 11.2. The number of aliphatic hydroxyl groups excluding tert-OH is 1. The normalized spacial score (nSPS) is 16.6. The molecule has 5 rings (SSSR count). The number of nitrogens with zero attached hydrogens (tertiary/aromatic N) is 3. The molecule has 2 heterocycles. The number of nitro groups is 1. The molecule has 1 amide bonds. The number of fused-ring (bicyclic) bond motifs is 1. The van der Waals surface area contributed by atoms with Gasteiger partial charge in [-0.2, -0.15) is 0 Å². The largest absolute Gasteiger partial charge is 0.492 e. The number of pyridine rings is 1. The van der Waals surface area contributed by atoms with Gasteiger partial charge >= 0.3 is 17.9 Å². The average molecular weight is 811 g/mol. The Bertz CT molecular complexity index is 2010. The second kappa shape index (κ2) is 18.1. The predicted molar refractivity (Wildman–Crippen MR) is 195 cm³/mol. The molecule has 296 valence electrons. The van der Waals surface area contributed by atoms with Crippen molar-refractivity contribution < 1.29 is 52.5 Å². The van der Waals surface area contributed by atoms with Gasteiger partial charge < -0.3 is 44.2 Å². The van der Waals surface area contributed by atoms with E-state index >= 15 is 4.39 Å². The van der Waals surface area contributed by atoms with Crippen LogP contribution in [0.3, 0.4) is 0 Å². The molecule has 1 unspecified atom stereocenters. The topological polar surface area (TPSA) is 218 Å². The minimum absolute atomic E-state index is 0.0731. The van der Waals surface area contributed by atoms with E-state index in [1.54, 1.807) is 4.57 Å². The van der Waals surface area contributed by atoms with Crippen molar-refractivity contribution in [1.82, 2.24) is 15.2 Å². The molecule has 1 saturated heterocycles. The van der Waals surface area contributed by atoms with Crippen molar-refractivity contribution in [2.75, 3.05) is 45.0 Å². The van der Waals surface area contributed by atoms with E-state index in [2.05, 4.69) is 10.6 Å². The third kappa shape index (κ3) is 9.99. The van der Waals surface area contributed by atoms with E-state index in [4.69, 9.17) is 42.1 Å². The number of halogens is 3. The molecular formula is C35H38Cl2FN5O12. The summed E-state index contributed by atoms with van der Waals surface area (Å²) in [5.41, 5.74) is -0.734. The first kappa shape index (κ1) is 41.1. The lowest BCUT2D eigenvalue weighted by molar-refractivity contribution is -0.384. The van der Waals surface area contributed by atoms with E-state index in [-0.39, 0.29) is 40.2 Å². The van der Waals surface area contributed by atoms with E-state index in [1.165, 1.54) is 25.4 Å². The van der Waals surface area contributed by atoms with Gasteiger partial charge in [-0.15, -0.1) is 0 Å². The Morgan fingerprint density at radius 1 is 1.11 bits per heavy atom. The monoisotopic (exact) mass is 809 g/mol. The van der Waals surface area contributed by atoms with Gasteiger partial charge in [0.25, 0.3) is 11.6 Å². The van der Waals surface area contributed by atoms with Crippen LogP contribution in [0, 0.1) is 15.9 Å². The summed E-state index contributed by atoms with van der Waals surface area (Å²) < 4.78 is 38.2. The second-order valence-electron chi connectivity index (χ2n) is 12.9. The van der Waals surface area contributed by atoms with Gasteiger partial charge in [0.15, 0.2) is 16.4 Å². The maximum absolute atomic E-state index is 15.7. The van der Waals surface area contributed by atoms with Gasteiger partial charge in [0.2, 0.25) is 12.2 Å². The summed E-state index contributed by atoms with van der Waals surface area (Å²) in [6, 6.07) is 4.57. The van der Waals surface area contributed by atoms with Crippen molar-refractivity contribution in [3.63, 3.8) is 0 Å². The number of nitrogens with one attached hydrogen (secondary N) is 2. The standard InChI is InChI=1S/C35H38Cl2FN5O12/c1-18-14-41(12-11-39-18)29-24(38)13-22-28(32(29)52-2)42(20-7-8-20)15-23(31(22)47)35(49)55-17-54-27(45)10-9-26(44)53-16-25(40-34(48)33(36)37)30(46)19-3-5-21(6-4-19)43(50)51/h3-6,13,15,18,20,25,30,33,39,46H,7-12,14,16-17H2,1-2H3,(H,40,48)/t18?,25-,30-/m1/s1. The third-order valence-electron chi connectivity index (χ3n) is 8.97. The molecule has 1 saturated carbocycles. The van der Waals surface area contributed by atoms with Crippen molar-refractivity contribution >= 4 is 69.3 Å². The number of methoxy groups -OCH3 is 1. The molecule has 17 nitrogen and oxygen atoms in total. The van der Waals surface area contributed by atoms with E-state index in [0.717, 1.165) is 31.0 Å². The number of hydrogen-bond donors (Lipinski definition) is 3. The van der Waals surface area contributed by atoms with Crippen molar-refractivity contribution in [2.24, 2.45) is 0 Å². The molecule has 55 heavy (non-hydrogen) atoms. The van der Waals surface area contributed by atoms with E-state index < -0.39 is 88.8 Å². The number of anilines is 1. The quantitative estimate of drug-likeness (QED) is 0.0623. The van der Waals surface area contributed by atoms with Crippen LogP contribution in [0.15, 0.2) is 41.3 Å². The van der Waals surface area contributed by atoms with Crippen molar-refractivity contribution in [2.45, 2.75) is 61.7 Å². The number of aliphatic hydroxyl groups is 1. The smallest absolute Gasteiger partial charge is 0.346 e. The van der Waals surface area contributed by atoms with Crippen molar-refractivity contribution in [3.05, 3.63) is 73.8 Å². The summed E-state index contributed by atoms with van der Waals surface area (Å²) in [6.45, 7) is 2.12. The van der Waals surface area contributed by atoms with Gasteiger partial charge in [-0.25, -0.2) is 9.18 Å². The van der Waals surface area contributed by atoms with Gasteiger partial charge in [0.05, 0.1) is 41.8 Å². The Morgan fingerprint density at radius 3 is 2.38 bits per heavy atom. The van der Waals surface area contributed by atoms with Gasteiger partial charge in [0, 0.05) is 50.0 Å². The molecule has 1 aliphatic carbocycles. The first-order valence-corrected chi connectivity index (χ1v) is 18.0. The Hall–Kier alpha value is -5.04. The third-order valence-corrected chi connectivity index (χ3v) is 9.36. The predicted octanol–water partition coefficient (Wildman–Crippen LogP) is 3.19.